The second-order valence-corrected chi connectivity index (χ2v) is 5.46. The maximum absolute atomic E-state index is 11.9. The van der Waals surface area contributed by atoms with E-state index in [0.717, 1.165) is 33.9 Å². The lowest BCUT2D eigenvalue weighted by Crippen LogP contribution is -2.21. The van der Waals surface area contributed by atoms with Crippen LogP contribution in [-0.2, 0) is 4.79 Å². The molecule has 6 heteroatoms. The minimum atomic E-state index is -0.279. The minimum Gasteiger partial charge on any atom is -0.508 e. The van der Waals surface area contributed by atoms with Gasteiger partial charge in [0, 0.05) is 11.5 Å². The summed E-state index contributed by atoms with van der Waals surface area (Å²) < 4.78 is 13.9. The van der Waals surface area contributed by atoms with E-state index in [1.165, 1.54) is 0 Å². The molecule has 1 aliphatic heterocycles. The standard InChI is InChI=1S/C15H10N2O3S/c18-9-3-1-2-8(6-9)10-7-13(19)20-12-5-4-11-15(14(10)12)17-21-16-11/h1-6,10,18H,7H2/t10-/m0/s1. The molecule has 0 bridgehead atoms. The summed E-state index contributed by atoms with van der Waals surface area (Å²) >= 11 is 1.14. The van der Waals surface area contributed by atoms with Crippen LogP contribution in [0.15, 0.2) is 36.4 Å². The Labute approximate surface area is 124 Å². The monoisotopic (exact) mass is 298 g/mol. The number of esters is 1. The molecular weight excluding hydrogens is 288 g/mol. The van der Waals surface area contributed by atoms with Crippen LogP contribution >= 0.6 is 11.7 Å². The highest BCUT2D eigenvalue weighted by molar-refractivity contribution is 7.00. The normalized spacial score (nSPS) is 17.5. The molecule has 2 aromatic carbocycles. The lowest BCUT2D eigenvalue weighted by atomic mass is 9.85. The number of aromatic nitrogens is 2. The molecule has 2 heterocycles. The second-order valence-electron chi connectivity index (χ2n) is 4.94. The minimum absolute atomic E-state index is 0.177. The lowest BCUT2D eigenvalue weighted by molar-refractivity contribution is -0.135. The molecule has 1 atom stereocenters. The van der Waals surface area contributed by atoms with Gasteiger partial charge < -0.3 is 9.84 Å². The zero-order valence-electron chi connectivity index (χ0n) is 10.8. The molecule has 0 fully saturated rings. The average molecular weight is 298 g/mol. The van der Waals surface area contributed by atoms with Crippen LogP contribution in [0.3, 0.4) is 0 Å². The Morgan fingerprint density at radius 2 is 2.14 bits per heavy atom. The second kappa shape index (κ2) is 4.53. The Kier molecular flexibility index (Phi) is 2.65. The third-order valence-electron chi connectivity index (χ3n) is 3.64. The van der Waals surface area contributed by atoms with Crippen molar-refractivity contribution in [2.75, 3.05) is 0 Å². The van der Waals surface area contributed by atoms with Crippen molar-refractivity contribution in [3.05, 3.63) is 47.5 Å². The van der Waals surface area contributed by atoms with E-state index in [1.54, 1.807) is 30.3 Å². The summed E-state index contributed by atoms with van der Waals surface area (Å²) in [6, 6.07) is 10.5. The summed E-state index contributed by atoms with van der Waals surface area (Å²) in [5, 5.41) is 9.69. The van der Waals surface area contributed by atoms with Crippen molar-refractivity contribution in [2.45, 2.75) is 12.3 Å². The predicted octanol–water partition coefficient (Wildman–Crippen LogP) is 2.84. The summed E-state index contributed by atoms with van der Waals surface area (Å²) in [7, 11) is 0. The van der Waals surface area contributed by atoms with Crippen molar-refractivity contribution in [3.63, 3.8) is 0 Å². The lowest BCUT2D eigenvalue weighted by Gasteiger charge is -2.25. The summed E-state index contributed by atoms with van der Waals surface area (Å²) in [4.78, 5) is 11.9. The number of benzene rings is 2. The fourth-order valence-electron chi connectivity index (χ4n) is 2.74. The van der Waals surface area contributed by atoms with E-state index in [-0.39, 0.29) is 24.1 Å². The summed E-state index contributed by atoms with van der Waals surface area (Å²) in [6.07, 6.45) is 0.229. The number of phenolic OH excluding ortho intramolecular Hbond substituents is 1. The van der Waals surface area contributed by atoms with Crippen LogP contribution in [0.4, 0.5) is 0 Å². The molecule has 0 radical (unpaired) electrons. The van der Waals surface area contributed by atoms with Crippen molar-refractivity contribution in [1.29, 1.82) is 0 Å². The van der Waals surface area contributed by atoms with Gasteiger partial charge in [-0.1, -0.05) is 12.1 Å². The Morgan fingerprint density at radius 1 is 1.24 bits per heavy atom. The van der Waals surface area contributed by atoms with Gasteiger partial charge in [0.25, 0.3) is 0 Å². The van der Waals surface area contributed by atoms with Gasteiger partial charge in [0.1, 0.15) is 22.5 Å². The van der Waals surface area contributed by atoms with E-state index in [4.69, 9.17) is 4.74 Å². The SMILES string of the molecule is O=C1C[C@@H](c2cccc(O)c2)c2c(ccc3nsnc23)O1. The number of ether oxygens (including phenoxy) is 1. The van der Waals surface area contributed by atoms with Crippen LogP contribution in [0.2, 0.25) is 0 Å². The fraction of sp³-hybridized carbons (Fsp3) is 0.133. The van der Waals surface area contributed by atoms with Gasteiger partial charge in [-0.25, -0.2) is 0 Å². The van der Waals surface area contributed by atoms with E-state index in [1.807, 2.05) is 6.07 Å². The van der Waals surface area contributed by atoms with Gasteiger partial charge in [-0.2, -0.15) is 8.75 Å². The average Bonchev–Trinajstić information content (AvgIpc) is 2.94. The first-order valence-corrected chi connectivity index (χ1v) is 7.20. The molecule has 5 nitrogen and oxygen atoms in total. The number of phenols is 1. The Bertz CT molecular complexity index is 859. The van der Waals surface area contributed by atoms with Crippen LogP contribution < -0.4 is 4.74 Å². The van der Waals surface area contributed by atoms with Gasteiger partial charge in [-0.05, 0) is 29.8 Å². The third kappa shape index (κ3) is 1.95. The Hall–Kier alpha value is -2.47. The van der Waals surface area contributed by atoms with Gasteiger partial charge in [0.05, 0.1) is 18.1 Å². The Morgan fingerprint density at radius 3 is 3.00 bits per heavy atom. The molecule has 0 saturated carbocycles. The van der Waals surface area contributed by atoms with Gasteiger partial charge in [0.2, 0.25) is 0 Å². The van der Waals surface area contributed by atoms with Crippen molar-refractivity contribution < 1.29 is 14.6 Å². The maximum Gasteiger partial charge on any atom is 0.312 e. The van der Waals surface area contributed by atoms with E-state index in [0.29, 0.717) is 5.75 Å². The number of hydrogen-bond acceptors (Lipinski definition) is 6. The first kappa shape index (κ1) is 12.3. The molecule has 0 saturated heterocycles. The Balaban J connectivity index is 1.97. The third-order valence-corrected chi connectivity index (χ3v) is 4.19. The van der Waals surface area contributed by atoms with E-state index in [9.17, 15) is 9.90 Å². The maximum atomic E-state index is 11.9. The summed E-state index contributed by atoms with van der Waals surface area (Å²) in [6.45, 7) is 0. The molecule has 0 amide bonds. The van der Waals surface area contributed by atoms with Crippen molar-refractivity contribution in [1.82, 2.24) is 8.75 Å². The smallest absolute Gasteiger partial charge is 0.312 e. The van der Waals surface area contributed by atoms with Gasteiger partial charge in [0.15, 0.2) is 0 Å². The van der Waals surface area contributed by atoms with Crippen LogP contribution in [0.5, 0.6) is 11.5 Å². The molecule has 4 rings (SSSR count). The van der Waals surface area contributed by atoms with Crippen LogP contribution in [-0.4, -0.2) is 19.8 Å². The van der Waals surface area contributed by atoms with Crippen molar-refractivity contribution in [3.8, 4) is 11.5 Å². The molecule has 0 unspecified atom stereocenters. The summed E-state index contributed by atoms with van der Waals surface area (Å²) in [5.74, 6) is 0.246. The molecule has 0 spiro atoms. The van der Waals surface area contributed by atoms with Crippen molar-refractivity contribution >= 4 is 28.7 Å². The van der Waals surface area contributed by atoms with Gasteiger partial charge in [-0.15, -0.1) is 0 Å². The first-order chi connectivity index (χ1) is 10.2. The quantitative estimate of drug-likeness (QED) is 0.552. The zero-order valence-corrected chi connectivity index (χ0v) is 11.6. The van der Waals surface area contributed by atoms with E-state index < -0.39 is 0 Å². The largest absolute Gasteiger partial charge is 0.508 e. The highest BCUT2D eigenvalue weighted by atomic mass is 32.1. The topological polar surface area (TPSA) is 72.3 Å². The number of hydrogen-bond donors (Lipinski definition) is 1. The number of carbonyl (C=O) groups is 1. The number of nitrogens with zero attached hydrogens (tertiary/aromatic N) is 2. The zero-order chi connectivity index (χ0) is 14.4. The molecule has 0 aliphatic carbocycles. The van der Waals surface area contributed by atoms with Crippen molar-refractivity contribution in [2.24, 2.45) is 0 Å². The summed E-state index contributed by atoms with van der Waals surface area (Å²) in [5.41, 5.74) is 3.29. The number of carbonyl (C=O) groups excluding carboxylic acids is 1. The van der Waals surface area contributed by atoms with Crippen LogP contribution in [0.1, 0.15) is 23.5 Å². The molecular formula is C15H10N2O3S. The number of aromatic hydroxyl groups is 1. The first-order valence-electron chi connectivity index (χ1n) is 6.47. The predicted molar refractivity (Wildman–Crippen MR) is 77.6 cm³/mol. The van der Waals surface area contributed by atoms with Crippen LogP contribution in [0.25, 0.3) is 11.0 Å². The molecule has 1 N–H and O–H groups in total. The molecule has 3 aromatic rings. The molecule has 104 valence electrons. The number of fused-ring (bicyclic) bond motifs is 3. The van der Waals surface area contributed by atoms with Gasteiger partial charge in [-0.3, -0.25) is 4.79 Å². The van der Waals surface area contributed by atoms with Crippen LogP contribution in [0, 0.1) is 0 Å². The fourth-order valence-corrected chi connectivity index (χ4v) is 3.29. The van der Waals surface area contributed by atoms with E-state index in [2.05, 4.69) is 8.75 Å². The molecule has 1 aliphatic rings. The highest BCUT2D eigenvalue weighted by Crippen LogP contribution is 2.42. The highest BCUT2D eigenvalue weighted by Gasteiger charge is 2.31. The van der Waals surface area contributed by atoms with E-state index >= 15 is 0 Å². The number of rotatable bonds is 1. The van der Waals surface area contributed by atoms with Gasteiger partial charge >= 0.3 is 5.97 Å². The molecule has 21 heavy (non-hydrogen) atoms. The molecule has 1 aromatic heterocycles.